The molecule has 0 aliphatic carbocycles. The van der Waals surface area contributed by atoms with Gasteiger partial charge in [-0.3, -0.25) is 0 Å². The number of hydrogen-bond acceptors (Lipinski definition) is 4. The fourth-order valence-corrected chi connectivity index (χ4v) is 1.40. The molecule has 0 aliphatic rings. The lowest BCUT2D eigenvalue weighted by Gasteiger charge is -2.16. The number of aliphatic hydroxyl groups excluding tert-OH is 1. The molecule has 0 amide bonds. The minimum absolute atomic E-state index is 0.0824. The van der Waals surface area contributed by atoms with Crippen LogP contribution in [0, 0.1) is 16.7 Å². The first-order chi connectivity index (χ1) is 8.52. The van der Waals surface area contributed by atoms with Crippen LogP contribution >= 0.6 is 0 Å². The first kappa shape index (κ1) is 14.3. The average molecular weight is 249 g/mol. The van der Waals surface area contributed by atoms with Gasteiger partial charge in [-0.1, -0.05) is 0 Å². The van der Waals surface area contributed by atoms with E-state index >= 15 is 0 Å². The summed E-state index contributed by atoms with van der Waals surface area (Å²) in [6.07, 6.45) is 0.631. The van der Waals surface area contributed by atoms with Gasteiger partial charge in [-0.15, -0.1) is 0 Å². The first-order valence-electron chi connectivity index (χ1n) is 5.84. The Balaban J connectivity index is 2.69. The van der Waals surface area contributed by atoms with Crippen LogP contribution in [0.2, 0.25) is 0 Å². The molecule has 0 atom stereocenters. The van der Waals surface area contributed by atoms with Gasteiger partial charge in [-0.05, 0) is 32.4 Å². The maximum absolute atomic E-state index is 9.21. The van der Waals surface area contributed by atoms with Crippen molar-refractivity contribution in [3.05, 3.63) is 23.8 Å². The van der Waals surface area contributed by atoms with E-state index in [1.807, 2.05) is 13.8 Å². The lowest BCUT2D eigenvalue weighted by molar-refractivity contribution is 0.243. The molecule has 0 bridgehead atoms. The zero-order valence-corrected chi connectivity index (χ0v) is 11.1. The highest BCUT2D eigenvalue weighted by molar-refractivity contribution is 5.40. The summed E-state index contributed by atoms with van der Waals surface area (Å²) in [6, 6.07) is 7.51. The van der Waals surface area contributed by atoms with Crippen LogP contribution in [0.5, 0.6) is 11.5 Å². The van der Waals surface area contributed by atoms with Crippen LogP contribution in [0.25, 0.3) is 0 Å². The summed E-state index contributed by atoms with van der Waals surface area (Å²) >= 11 is 0. The molecule has 0 aliphatic heterocycles. The number of rotatable bonds is 6. The quantitative estimate of drug-likeness (QED) is 0.841. The van der Waals surface area contributed by atoms with Gasteiger partial charge in [0, 0.05) is 11.6 Å². The summed E-state index contributed by atoms with van der Waals surface area (Å²) in [6.45, 7) is 4.09. The highest BCUT2D eigenvalue weighted by Crippen LogP contribution is 2.26. The molecule has 18 heavy (non-hydrogen) atoms. The van der Waals surface area contributed by atoms with Crippen LogP contribution in [0.15, 0.2) is 18.2 Å². The van der Waals surface area contributed by atoms with Crippen molar-refractivity contribution in [2.45, 2.75) is 26.9 Å². The summed E-state index contributed by atoms with van der Waals surface area (Å²) in [4.78, 5) is 0. The Morgan fingerprint density at radius 1 is 1.39 bits per heavy atom. The molecule has 0 aromatic heterocycles. The molecular weight excluding hydrogens is 230 g/mol. The Labute approximate surface area is 108 Å². The second-order valence-corrected chi connectivity index (χ2v) is 4.73. The predicted molar refractivity (Wildman–Crippen MR) is 68.4 cm³/mol. The van der Waals surface area contributed by atoms with E-state index in [0.29, 0.717) is 30.1 Å². The summed E-state index contributed by atoms with van der Waals surface area (Å²) in [5.74, 6) is 1.28. The molecule has 0 spiro atoms. The molecular formula is C14H19NO3. The molecule has 0 radical (unpaired) electrons. The SMILES string of the molecule is COc1ccc(CO)c(OCCC(C)(C)C#N)c1. The topological polar surface area (TPSA) is 62.5 Å². The van der Waals surface area contributed by atoms with Crippen molar-refractivity contribution in [3.63, 3.8) is 0 Å². The number of aliphatic hydroxyl groups is 1. The fourth-order valence-electron chi connectivity index (χ4n) is 1.40. The first-order valence-corrected chi connectivity index (χ1v) is 5.84. The molecule has 0 heterocycles. The van der Waals surface area contributed by atoms with Gasteiger partial charge in [0.1, 0.15) is 11.5 Å². The van der Waals surface area contributed by atoms with Crippen molar-refractivity contribution in [1.82, 2.24) is 0 Å². The van der Waals surface area contributed by atoms with Gasteiger partial charge in [0.05, 0.1) is 31.8 Å². The van der Waals surface area contributed by atoms with E-state index in [4.69, 9.17) is 14.7 Å². The van der Waals surface area contributed by atoms with Crippen molar-refractivity contribution in [2.24, 2.45) is 5.41 Å². The number of benzene rings is 1. The smallest absolute Gasteiger partial charge is 0.128 e. The maximum atomic E-state index is 9.21. The number of nitrogens with zero attached hydrogens (tertiary/aromatic N) is 1. The molecule has 0 fully saturated rings. The van der Waals surface area contributed by atoms with Gasteiger partial charge >= 0.3 is 0 Å². The van der Waals surface area contributed by atoms with Gasteiger partial charge in [-0.25, -0.2) is 0 Å². The lowest BCUT2D eigenvalue weighted by atomic mass is 9.92. The molecule has 0 unspecified atom stereocenters. The van der Waals surface area contributed by atoms with E-state index in [1.165, 1.54) is 0 Å². The Morgan fingerprint density at radius 3 is 2.67 bits per heavy atom. The molecule has 1 N–H and O–H groups in total. The Kier molecular flexibility index (Phi) is 4.99. The largest absolute Gasteiger partial charge is 0.497 e. The Bertz CT molecular complexity index is 435. The van der Waals surface area contributed by atoms with Crippen molar-refractivity contribution >= 4 is 0 Å². The zero-order valence-electron chi connectivity index (χ0n) is 11.1. The lowest BCUT2D eigenvalue weighted by Crippen LogP contribution is -2.13. The summed E-state index contributed by atoms with van der Waals surface area (Å²) in [7, 11) is 1.58. The van der Waals surface area contributed by atoms with Crippen molar-refractivity contribution in [2.75, 3.05) is 13.7 Å². The summed E-state index contributed by atoms with van der Waals surface area (Å²) < 4.78 is 10.7. The second-order valence-electron chi connectivity index (χ2n) is 4.73. The van der Waals surface area contributed by atoms with Crippen molar-refractivity contribution in [1.29, 1.82) is 5.26 Å². The molecule has 1 aromatic carbocycles. The van der Waals surface area contributed by atoms with Gasteiger partial charge in [0.2, 0.25) is 0 Å². The van der Waals surface area contributed by atoms with Crippen LogP contribution < -0.4 is 9.47 Å². The molecule has 98 valence electrons. The van der Waals surface area contributed by atoms with E-state index in [0.717, 1.165) is 0 Å². The second kappa shape index (κ2) is 6.27. The zero-order chi connectivity index (χ0) is 13.6. The Morgan fingerprint density at radius 2 is 2.11 bits per heavy atom. The molecule has 0 saturated carbocycles. The minimum Gasteiger partial charge on any atom is -0.497 e. The van der Waals surface area contributed by atoms with Gasteiger partial charge in [-0.2, -0.15) is 5.26 Å². The van der Waals surface area contributed by atoms with Crippen molar-refractivity contribution < 1.29 is 14.6 Å². The predicted octanol–water partition coefficient (Wildman–Crippen LogP) is 2.51. The van der Waals surface area contributed by atoms with E-state index in [9.17, 15) is 5.11 Å². The van der Waals surface area contributed by atoms with Crippen LogP contribution in [0.4, 0.5) is 0 Å². The van der Waals surface area contributed by atoms with Gasteiger partial charge < -0.3 is 14.6 Å². The van der Waals surface area contributed by atoms with E-state index in [-0.39, 0.29) is 6.61 Å². The molecule has 1 aromatic rings. The number of ether oxygens (including phenoxy) is 2. The minimum atomic E-state index is -0.405. The van der Waals surface area contributed by atoms with Gasteiger partial charge in [0.15, 0.2) is 0 Å². The van der Waals surface area contributed by atoms with Crippen LogP contribution in [-0.2, 0) is 6.61 Å². The third-order valence-corrected chi connectivity index (χ3v) is 2.73. The third kappa shape index (κ3) is 3.94. The summed E-state index contributed by atoms with van der Waals surface area (Å²) in [5.41, 5.74) is 0.309. The maximum Gasteiger partial charge on any atom is 0.128 e. The highest BCUT2D eigenvalue weighted by atomic mass is 16.5. The number of methoxy groups -OCH3 is 1. The van der Waals surface area contributed by atoms with Crippen LogP contribution in [0.1, 0.15) is 25.8 Å². The van der Waals surface area contributed by atoms with E-state index < -0.39 is 5.41 Å². The molecule has 4 heteroatoms. The monoisotopic (exact) mass is 249 g/mol. The average Bonchev–Trinajstić information content (AvgIpc) is 2.38. The number of hydrogen-bond donors (Lipinski definition) is 1. The third-order valence-electron chi connectivity index (χ3n) is 2.73. The summed E-state index contributed by atoms with van der Waals surface area (Å²) in [5, 5.41) is 18.1. The normalized spacial score (nSPS) is 10.8. The van der Waals surface area contributed by atoms with Gasteiger partial charge in [0.25, 0.3) is 0 Å². The van der Waals surface area contributed by atoms with Crippen LogP contribution in [-0.4, -0.2) is 18.8 Å². The number of nitriles is 1. The Hall–Kier alpha value is -1.73. The van der Waals surface area contributed by atoms with E-state index in [1.54, 1.807) is 25.3 Å². The molecule has 1 rings (SSSR count). The van der Waals surface area contributed by atoms with Crippen molar-refractivity contribution in [3.8, 4) is 17.6 Å². The highest BCUT2D eigenvalue weighted by Gasteiger charge is 2.16. The van der Waals surface area contributed by atoms with E-state index in [2.05, 4.69) is 6.07 Å². The molecule has 4 nitrogen and oxygen atoms in total. The fraction of sp³-hybridized carbons (Fsp3) is 0.500. The molecule has 0 saturated heterocycles. The van der Waals surface area contributed by atoms with Crippen LogP contribution in [0.3, 0.4) is 0 Å². The standard InChI is InChI=1S/C14H19NO3/c1-14(2,10-15)6-7-18-13-8-12(17-3)5-4-11(13)9-16/h4-5,8,16H,6-7,9H2,1-3H3.